The van der Waals surface area contributed by atoms with Crippen LogP contribution in [0.3, 0.4) is 0 Å². The molecule has 0 unspecified atom stereocenters. The Hall–Kier alpha value is -2.80. The Morgan fingerprint density at radius 2 is 1.56 bits per heavy atom. The maximum Gasteiger partial charge on any atom is 0.266 e. The summed E-state index contributed by atoms with van der Waals surface area (Å²) < 4.78 is 0. The van der Waals surface area contributed by atoms with Crippen LogP contribution in [0.1, 0.15) is 33.7 Å². The highest BCUT2D eigenvalue weighted by atomic mass is 32.1. The summed E-state index contributed by atoms with van der Waals surface area (Å²) in [6.45, 7) is 7.14. The lowest BCUT2D eigenvalue weighted by Crippen LogP contribution is -2.11. The van der Waals surface area contributed by atoms with E-state index < -0.39 is 0 Å². The van der Waals surface area contributed by atoms with Crippen LogP contribution in [0.4, 0.5) is 11.4 Å². The monoisotopic (exact) mass is 354 g/mol. The molecule has 25 heavy (non-hydrogen) atoms. The topological polar surface area (TPSA) is 84.0 Å². The molecule has 2 N–H and O–H groups in total. The van der Waals surface area contributed by atoms with Crippen molar-refractivity contribution >= 4 is 44.7 Å². The average molecular weight is 354 g/mol. The third kappa shape index (κ3) is 3.51. The molecule has 2 amide bonds. The lowest BCUT2D eigenvalue weighted by atomic mass is 10.1. The molecule has 0 aliphatic carbocycles. The van der Waals surface area contributed by atoms with E-state index >= 15 is 0 Å². The van der Waals surface area contributed by atoms with Gasteiger partial charge in [0, 0.05) is 29.4 Å². The molecule has 6 nitrogen and oxygen atoms in total. The normalized spacial score (nSPS) is 10.7. The molecule has 7 heteroatoms. The van der Waals surface area contributed by atoms with Crippen molar-refractivity contribution in [2.75, 3.05) is 10.6 Å². The van der Waals surface area contributed by atoms with E-state index in [4.69, 9.17) is 0 Å². The number of thiophene rings is 1. The summed E-state index contributed by atoms with van der Waals surface area (Å²) >= 11 is 1.37. The Balaban J connectivity index is 1.86. The van der Waals surface area contributed by atoms with Gasteiger partial charge in [-0.25, -0.2) is 9.97 Å². The average Bonchev–Trinajstić information content (AvgIpc) is 2.85. The van der Waals surface area contributed by atoms with Crippen molar-refractivity contribution in [1.82, 2.24) is 9.97 Å². The molecule has 2 aromatic heterocycles. The van der Waals surface area contributed by atoms with Crippen LogP contribution < -0.4 is 10.6 Å². The Labute approximate surface area is 149 Å². The second-order valence-corrected chi connectivity index (χ2v) is 6.80. The summed E-state index contributed by atoms with van der Waals surface area (Å²) in [5.41, 5.74) is 3.12. The zero-order valence-electron chi connectivity index (χ0n) is 14.4. The van der Waals surface area contributed by atoms with Gasteiger partial charge in [-0.1, -0.05) is 0 Å². The van der Waals surface area contributed by atoms with Gasteiger partial charge in [0.25, 0.3) is 5.91 Å². The SMILES string of the molecule is CC(=O)Nc1ccc(NC(=O)c2sc3nc(C)nc(C)c3c2C)cc1. The summed E-state index contributed by atoms with van der Waals surface area (Å²) in [7, 11) is 0. The van der Waals surface area contributed by atoms with Crippen LogP contribution in [-0.4, -0.2) is 21.8 Å². The van der Waals surface area contributed by atoms with Gasteiger partial charge in [-0.05, 0) is 50.6 Å². The molecule has 0 aliphatic rings. The third-order valence-corrected chi connectivity index (χ3v) is 4.94. The molecule has 128 valence electrons. The largest absolute Gasteiger partial charge is 0.326 e. The van der Waals surface area contributed by atoms with Crippen molar-refractivity contribution in [2.45, 2.75) is 27.7 Å². The molecule has 0 saturated heterocycles. The first-order chi connectivity index (χ1) is 11.8. The molecule has 3 aromatic rings. The van der Waals surface area contributed by atoms with Crippen LogP contribution >= 0.6 is 11.3 Å². The first-order valence-electron chi connectivity index (χ1n) is 7.78. The van der Waals surface area contributed by atoms with Crippen molar-refractivity contribution in [3.8, 4) is 0 Å². The fourth-order valence-electron chi connectivity index (χ4n) is 2.72. The maximum absolute atomic E-state index is 12.6. The number of carbonyl (C=O) groups excluding carboxylic acids is 2. The van der Waals surface area contributed by atoms with E-state index in [1.165, 1.54) is 18.3 Å². The molecule has 0 radical (unpaired) electrons. The highest BCUT2D eigenvalue weighted by Crippen LogP contribution is 2.31. The van der Waals surface area contributed by atoms with Crippen LogP contribution in [0.15, 0.2) is 24.3 Å². The molecule has 1 aromatic carbocycles. The lowest BCUT2D eigenvalue weighted by Gasteiger charge is -2.06. The van der Waals surface area contributed by atoms with Crippen LogP contribution in [-0.2, 0) is 4.79 Å². The molecule has 0 atom stereocenters. The number of aryl methyl sites for hydroxylation is 3. The number of anilines is 2. The number of fused-ring (bicyclic) bond motifs is 1. The molecule has 3 rings (SSSR count). The van der Waals surface area contributed by atoms with Gasteiger partial charge < -0.3 is 10.6 Å². The number of hydrogen-bond donors (Lipinski definition) is 2. The van der Waals surface area contributed by atoms with Crippen molar-refractivity contribution in [3.63, 3.8) is 0 Å². The minimum atomic E-state index is -0.176. The number of benzene rings is 1. The fraction of sp³-hybridized carbons (Fsp3) is 0.222. The minimum Gasteiger partial charge on any atom is -0.326 e. The first kappa shape index (κ1) is 17.0. The standard InChI is InChI=1S/C18H18N4O2S/c1-9-15-10(2)19-11(3)20-18(15)25-16(9)17(24)22-14-7-5-13(6-8-14)21-12(4)23/h5-8H,1-4H3,(H,21,23)(H,22,24). The predicted molar refractivity (Wildman–Crippen MR) is 100 cm³/mol. The van der Waals surface area contributed by atoms with Gasteiger partial charge in [0.1, 0.15) is 10.7 Å². The Bertz CT molecular complexity index is 977. The molecular formula is C18H18N4O2S. The Morgan fingerprint density at radius 1 is 0.960 bits per heavy atom. The first-order valence-corrected chi connectivity index (χ1v) is 8.60. The summed E-state index contributed by atoms with van der Waals surface area (Å²) in [6, 6.07) is 6.99. The van der Waals surface area contributed by atoms with Crippen LogP contribution in [0.5, 0.6) is 0 Å². The number of rotatable bonds is 3. The van der Waals surface area contributed by atoms with Crippen LogP contribution in [0.2, 0.25) is 0 Å². The lowest BCUT2D eigenvalue weighted by molar-refractivity contribution is -0.114. The fourth-order valence-corrected chi connectivity index (χ4v) is 3.89. The van der Waals surface area contributed by atoms with Gasteiger partial charge in [0.05, 0.1) is 4.88 Å². The van der Waals surface area contributed by atoms with E-state index in [0.717, 1.165) is 21.5 Å². The number of nitrogens with one attached hydrogen (secondary N) is 2. The number of carbonyl (C=O) groups is 2. The van der Waals surface area contributed by atoms with Crippen LogP contribution in [0.25, 0.3) is 10.2 Å². The number of aromatic nitrogens is 2. The van der Waals surface area contributed by atoms with Gasteiger partial charge in [0.2, 0.25) is 5.91 Å². The second-order valence-electron chi connectivity index (χ2n) is 5.81. The van der Waals surface area contributed by atoms with E-state index in [9.17, 15) is 9.59 Å². The minimum absolute atomic E-state index is 0.135. The predicted octanol–water partition coefficient (Wildman–Crippen LogP) is 3.83. The summed E-state index contributed by atoms with van der Waals surface area (Å²) in [4.78, 5) is 34.0. The Kier molecular flexibility index (Phi) is 4.50. The second kappa shape index (κ2) is 6.60. The van der Waals surface area contributed by atoms with E-state index in [-0.39, 0.29) is 11.8 Å². The van der Waals surface area contributed by atoms with Crippen molar-refractivity contribution in [2.24, 2.45) is 0 Å². The van der Waals surface area contributed by atoms with Crippen molar-refractivity contribution < 1.29 is 9.59 Å². The number of nitrogens with zero attached hydrogens (tertiary/aromatic N) is 2. The zero-order valence-corrected chi connectivity index (χ0v) is 15.2. The van der Waals surface area contributed by atoms with Gasteiger partial charge in [-0.15, -0.1) is 11.3 Å². The van der Waals surface area contributed by atoms with E-state index in [1.807, 2.05) is 20.8 Å². The summed E-state index contributed by atoms with van der Waals surface area (Å²) in [5.74, 6) is 0.390. The maximum atomic E-state index is 12.6. The molecule has 0 aliphatic heterocycles. The smallest absolute Gasteiger partial charge is 0.266 e. The summed E-state index contributed by atoms with van der Waals surface area (Å²) in [5, 5.41) is 6.52. The number of amides is 2. The van der Waals surface area contributed by atoms with Crippen LogP contribution in [0, 0.1) is 20.8 Å². The third-order valence-electron chi connectivity index (χ3n) is 3.75. The van der Waals surface area contributed by atoms with Gasteiger partial charge in [-0.3, -0.25) is 9.59 Å². The molecule has 0 bridgehead atoms. The van der Waals surface area contributed by atoms with Crippen molar-refractivity contribution in [3.05, 3.63) is 46.2 Å². The van der Waals surface area contributed by atoms with Crippen molar-refractivity contribution in [1.29, 1.82) is 0 Å². The van der Waals surface area contributed by atoms with E-state index in [2.05, 4.69) is 20.6 Å². The molecule has 0 saturated carbocycles. The zero-order chi connectivity index (χ0) is 18.1. The van der Waals surface area contributed by atoms with Gasteiger partial charge in [0.15, 0.2) is 0 Å². The molecule has 2 heterocycles. The quantitative estimate of drug-likeness (QED) is 0.749. The van der Waals surface area contributed by atoms with E-state index in [0.29, 0.717) is 22.1 Å². The summed E-state index contributed by atoms with van der Waals surface area (Å²) in [6.07, 6.45) is 0. The van der Waals surface area contributed by atoms with E-state index in [1.54, 1.807) is 24.3 Å². The van der Waals surface area contributed by atoms with Gasteiger partial charge in [-0.2, -0.15) is 0 Å². The Morgan fingerprint density at radius 3 is 2.16 bits per heavy atom. The highest BCUT2D eigenvalue weighted by molar-refractivity contribution is 7.20. The van der Waals surface area contributed by atoms with Gasteiger partial charge >= 0.3 is 0 Å². The highest BCUT2D eigenvalue weighted by Gasteiger charge is 2.18. The molecular weight excluding hydrogens is 336 g/mol. The number of hydrogen-bond acceptors (Lipinski definition) is 5. The molecule has 0 spiro atoms. The molecule has 0 fully saturated rings.